The Morgan fingerprint density at radius 2 is 2.38 bits per heavy atom. The number of anilines is 1. The van der Waals surface area contributed by atoms with Gasteiger partial charge in [-0.15, -0.1) is 0 Å². The molecule has 70 valence electrons. The smallest absolute Gasteiger partial charge is 0.150 e. The first-order valence-electron chi connectivity index (χ1n) is 4.13. The van der Waals surface area contributed by atoms with Crippen LogP contribution in [0.2, 0.25) is 5.15 Å². The molecule has 0 aliphatic carbocycles. The van der Waals surface area contributed by atoms with Crippen LogP contribution in [0.1, 0.15) is 23.7 Å². The zero-order valence-electron chi connectivity index (χ0n) is 7.38. The summed E-state index contributed by atoms with van der Waals surface area (Å²) in [5, 5.41) is 3.39. The molecule has 0 saturated heterocycles. The summed E-state index contributed by atoms with van der Waals surface area (Å²) in [5.41, 5.74) is 0.540. The standard InChI is InChI=1S/C9H11ClN2O/c1-2-3-11-9-5-7(6-13)4-8(10)12-9/h4-6H,2-3H2,1H3,(H,11,12). The Morgan fingerprint density at radius 1 is 1.62 bits per heavy atom. The lowest BCUT2D eigenvalue weighted by molar-refractivity contribution is 0.112. The number of halogens is 1. The molecular formula is C9H11ClN2O. The van der Waals surface area contributed by atoms with Crippen molar-refractivity contribution in [2.75, 3.05) is 11.9 Å². The number of nitrogens with one attached hydrogen (secondary N) is 1. The summed E-state index contributed by atoms with van der Waals surface area (Å²) in [7, 11) is 0. The van der Waals surface area contributed by atoms with E-state index in [-0.39, 0.29) is 0 Å². The lowest BCUT2D eigenvalue weighted by atomic mass is 10.3. The van der Waals surface area contributed by atoms with Crippen LogP contribution in [-0.2, 0) is 0 Å². The molecule has 0 saturated carbocycles. The Bertz CT molecular complexity index is 302. The van der Waals surface area contributed by atoms with E-state index in [1.807, 2.05) is 0 Å². The second kappa shape index (κ2) is 4.82. The highest BCUT2D eigenvalue weighted by Crippen LogP contribution is 2.12. The minimum absolute atomic E-state index is 0.336. The van der Waals surface area contributed by atoms with Crippen molar-refractivity contribution < 1.29 is 4.79 Å². The van der Waals surface area contributed by atoms with Crippen LogP contribution < -0.4 is 5.32 Å². The SMILES string of the molecule is CCCNc1cc(C=O)cc(Cl)n1. The lowest BCUT2D eigenvalue weighted by Crippen LogP contribution is -2.02. The van der Waals surface area contributed by atoms with Crippen LogP contribution in [0.5, 0.6) is 0 Å². The molecule has 0 aromatic carbocycles. The van der Waals surface area contributed by atoms with Gasteiger partial charge < -0.3 is 5.32 Å². The molecule has 0 spiro atoms. The van der Waals surface area contributed by atoms with Crippen molar-refractivity contribution in [3.05, 3.63) is 22.8 Å². The Labute approximate surface area is 82.1 Å². The largest absolute Gasteiger partial charge is 0.370 e. The van der Waals surface area contributed by atoms with E-state index in [2.05, 4.69) is 17.2 Å². The van der Waals surface area contributed by atoms with Gasteiger partial charge in [-0.25, -0.2) is 4.98 Å². The molecule has 13 heavy (non-hydrogen) atoms. The van der Waals surface area contributed by atoms with E-state index in [0.29, 0.717) is 16.5 Å². The van der Waals surface area contributed by atoms with E-state index in [9.17, 15) is 4.79 Å². The number of hydrogen-bond acceptors (Lipinski definition) is 3. The molecule has 1 rings (SSSR count). The van der Waals surface area contributed by atoms with E-state index < -0.39 is 0 Å². The number of pyridine rings is 1. The fourth-order valence-corrected chi connectivity index (χ4v) is 1.15. The maximum atomic E-state index is 10.5. The molecule has 0 fully saturated rings. The molecular weight excluding hydrogens is 188 g/mol. The zero-order valence-corrected chi connectivity index (χ0v) is 8.14. The normalized spacial score (nSPS) is 9.69. The van der Waals surface area contributed by atoms with Crippen molar-refractivity contribution in [1.82, 2.24) is 4.98 Å². The van der Waals surface area contributed by atoms with E-state index in [1.165, 1.54) is 6.07 Å². The quantitative estimate of drug-likeness (QED) is 0.597. The van der Waals surface area contributed by atoms with E-state index >= 15 is 0 Å². The van der Waals surface area contributed by atoms with Crippen LogP contribution in [0, 0.1) is 0 Å². The van der Waals surface area contributed by atoms with Gasteiger partial charge in [-0.2, -0.15) is 0 Å². The molecule has 0 atom stereocenters. The molecule has 0 amide bonds. The molecule has 0 bridgehead atoms. The third kappa shape index (κ3) is 3.03. The fraction of sp³-hybridized carbons (Fsp3) is 0.333. The third-order valence-electron chi connectivity index (χ3n) is 1.51. The van der Waals surface area contributed by atoms with Crippen molar-refractivity contribution in [2.45, 2.75) is 13.3 Å². The average Bonchev–Trinajstić information content (AvgIpc) is 2.14. The molecule has 0 radical (unpaired) electrons. The summed E-state index contributed by atoms with van der Waals surface area (Å²) < 4.78 is 0. The lowest BCUT2D eigenvalue weighted by Gasteiger charge is -2.04. The molecule has 0 unspecified atom stereocenters. The van der Waals surface area contributed by atoms with Crippen molar-refractivity contribution in [3.63, 3.8) is 0 Å². The van der Waals surface area contributed by atoms with E-state index in [4.69, 9.17) is 11.6 Å². The van der Waals surface area contributed by atoms with Gasteiger partial charge in [0.1, 0.15) is 17.3 Å². The maximum absolute atomic E-state index is 10.5. The van der Waals surface area contributed by atoms with Gasteiger partial charge in [0.2, 0.25) is 0 Å². The number of hydrogen-bond donors (Lipinski definition) is 1. The van der Waals surface area contributed by atoms with Gasteiger partial charge in [-0.1, -0.05) is 18.5 Å². The Kier molecular flexibility index (Phi) is 3.71. The molecule has 3 nitrogen and oxygen atoms in total. The number of aldehydes is 1. The number of rotatable bonds is 4. The Morgan fingerprint density at radius 3 is 3.00 bits per heavy atom. The van der Waals surface area contributed by atoms with Crippen molar-refractivity contribution in [1.29, 1.82) is 0 Å². The van der Waals surface area contributed by atoms with Gasteiger partial charge >= 0.3 is 0 Å². The van der Waals surface area contributed by atoms with Crippen LogP contribution in [0.15, 0.2) is 12.1 Å². The Hall–Kier alpha value is -1.09. The van der Waals surface area contributed by atoms with E-state index in [0.717, 1.165) is 19.3 Å². The number of carbonyl (C=O) groups is 1. The van der Waals surface area contributed by atoms with Crippen molar-refractivity contribution >= 4 is 23.7 Å². The highest BCUT2D eigenvalue weighted by molar-refractivity contribution is 6.29. The number of nitrogens with zero attached hydrogens (tertiary/aromatic N) is 1. The van der Waals surface area contributed by atoms with Gasteiger partial charge in [-0.3, -0.25) is 4.79 Å². The number of aromatic nitrogens is 1. The van der Waals surface area contributed by atoms with Crippen LogP contribution in [0.25, 0.3) is 0 Å². The fourth-order valence-electron chi connectivity index (χ4n) is 0.928. The third-order valence-corrected chi connectivity index (χ3v) is 1.70. The van der Waals surface area contributed by atoms with E-state index in [1.54, 1.807) is 6.07 Å². The summed E-state index contributed by atoms with van der Waals surface area (Å²) in [6, 6.07) is 3.21. The first-order chi connectivity index (χ1) is 6.26. The monoisotopic (exact) mass is 198 g/mol. The van der Waals surface area contributed by atoms with Crippen LogP contribution in [0.4, 0.5) is 5.82 Å². The second-order valence-electron chi connectivity index (χ2n) is 2.65. The van der Waals surface area contributed by atoms with Crippen molar-refractivity contribution in [3.8, 4) is 0 Å². The first-order valence-corrected chi connectivity index (χ1v) is 4.50. The predicted molar refractivity (Wildman–Crippen MR) is 53.4 cm³/mol. The summed E-state index contributed by atoms with van der Waals surface area (Å²) >= 11 is 5.70. The van der Waals surface area contributed by atoms with Crippen LogP contribution in [0.3, 0.4) is 0 Å². The van der Waals surface area contributed by atoms with Gasteiger partial charge in [0.15, 0.2) is 0 Å². The minimum Gasteiger partial charge on any atom is -0.370 e. The van der Waals surface area contributed by atoms with Crippen molar-refractivity contribution in [2.24, 2.45) is 0 Å². The topological polar surface area (TPSA) is 42.0 Å². The summed E-state index contributed by atoms with van der Waals surface area (Å²) in [4.78, 5) is 14.5. The molecule has 1 aromatic rings. The molecule has 1 N–H and O–H groups in total. The average molecular weight is 199 g/mol. The zero-order chi connectivity index (χ0) is 9.68. The van der Waals surface area contributed by atoms with Gasteiger partial charge in [0.05, 0.1) is 0 Å². The highest BCUT2D eigenvalue weighted by atomic mass is 35.5. The van der Waals surface area contributed by atoms with Gasteiger partial charge in [0, 0.05) is 12.1 Å². The molecule has 1 aromatic heterocycles. The first kappa shape index (κ1) is 9.99. The van der Waals surface area contributed by atoms with Crippen LogP contribution >= 0.6 is 11.6 Å². The second-order valence-corrected chi connectivity index (χ2v) is 3.04. The number of carbonyl (C=O) groups excluding carboxylic acids is 1. The molecule has 0 aliphatic rings. The Balaban J connectivity index is 2.81. The molecule has 1 heterocycles. The maximum Gasteiger partial charge on any atom is 0.150 e. The summed E-state index contributed by atoms with van der Waals surface area (Å²) in [5.74, 6) is 0.649. The highest BCUT2D eigenvalue weighted by Gasteiger charge is 1.98. The summed E-state index contributed by atoms with van der Waals surface area (Å²) in [6.45, 7) is 2.88. The van der Waals surface area contributed by atoms with Crippen LogP contribution in [-0.4, -0.2) is 17.8 Å². The predicted octanol–water partition coefficient (Wildman–Crippen LogP) is 2.37. The van der Waals surface area contributed by atoms with Gasteiger partial charge in [-0.05, 0) is 18.6 Å². The summed E-state index contributed by atoms with van der Waals surface area (Å²) in [6.07, 6.45) is 1.76. The van der Waals surface area contributed by atoms with Gasteiger partial charge in [0.25, 0.3) is 0 Å². The molecule has 4 heteroatoms. The molecule has 0 aliphatic heterocycles. The minimum atomic E-state index is 0.336.